The predicted octanol–water partition coefficient (Wildman–Crippen LogP) is 3.65. The number of fused-ring (bicyclic) bond motifs is 2. The van der Waals surface area contributed by atoms with E-state index in [-0.39, 0.29) is 41.4 Å². The van der Waals surface area contributed by atoms with E-state index < -0.39 is 35.7 Å². The number of amides is 1. The Balaban J connectivity index is 1.69. The van der Waals surface area contributed by atoms with Crippen LogP contribution < -0.4 is 0 Å². The monoisotopic (exact) mass is 478 g/mol. The molecule has 1 aliphatic heterocycles. The van der Waals surface area contributed by atoms with Crippen LogP contribution in [0.25, 0.3) is 11.4 Å². The van der Waals surface area contributed by atoms with Gasteiger partial charge in [0, 0.05) is 50.2 Å². The van der Waals surface area contributed by atoms with Gasteiger partial charge in [-0.2, -0.15) is 18.3 Å². The number of carbonyl (C=O) groups excluding carboxylic acids is 1. The van der Waals surface area contributed by atoms with Gasteiger partial charge in [0.15, 0.2) is 0 Å². The fraction of sp³-hybridized carbons (Fsp3) is 0.348. The number of hydrogen-bond acceptors (Lipinski definition) is 4. The number of benzene rings is 1. The quantitative estimate of drug-likeness (QED) is 0.571. The van der Waals surface area contributed by atoms with Crippen LogP contribution in [0.15, 0.2) is 30.3 Å². The van der Waals surface area contributed by atoms with E-state index in [0.717, 1.165) is 18.2 Å². The zero-order chi connectivity index (χ0) is 24.4. The van der Waals surface area contributed by atoms with Gasteiger partial charge in [-0.15, -0.1) is 0 Å². The van der Waals surface area contributed by atoms with Crippen molar-refractivity contribution in [2.45, 2.75) is 44.6 Å². The summed E-state index contributed by atoms with van der Waals surface area (Å²) in [6.07, 6.45) is -5.54. The smallest absolute Gasteiger partial charge is 0.390 e. The second-order valence-corrected chi connectivity index (χ2v) is 8.49. The van der Waals surface area contributed by atoms with Gasteiger partial charge in [-0.3, -0.25) is 9.48 Å². The minimum absolute atomic E-state index is 0.0478. The summed E-state index contributed by atoms with van der Waals surface area (Å²) in [5.41, 5.74) is 0.454. The molecule has 1 amide bonds. The van der Waals surface area contributed by atoms with Crippen molar-refractivity contribution in [2.24, 2.45) is 0 Å². The lowest BCUT2D eigenvalue weighted by Crippen LogP contribution is -2.35. The van der Waals surface area contributed by atoms with Gasteiger partial charge in [0.2, 0.25) is 5.91 Å². The summed E-state index contributed by atoms with van der Waals surface area (Å²) in [7, 11) is 0. The van der Waals surface area contributed by atoms with Crippen LogP contribution in [0.5, 0.6) is 0 Å². The molecule has 178 valence electrons. The second-order valence-electron chi connectivity index (χ2n) is 8.49. The molecular weight excluding hydrogens is 459 g/mol. The molecule has 2 aliphatic rings. The van der Waals surface area contributed by atoms with E-state index in [9.17, 15) is 31.9 Å². The van der Waals surface area contributed by atoms with Crippen molar-refractivity contribution in [1.29, 1.82) is 0 Å². The van der Waals surface area contributed by atoms with Crippen molar-refractivity contribution in [3.63, 3.8) is 0 Å². The first-order chi connectivity index (χ1) is 16.0. The first-order valence-electron chi connectivity index (χ1n) is 10.6. The molecule has 2 atom stereocenters. The average Bonchev–Trinajstić information content (AvgIpc) is 3.30. The third-order valence-corrected chi connectivity index (χ3v) is 6.37. The van der Waals surface area contributed by atoms with Crippen molar-refractivity contribution in [3.05, 3.63) is 70.0 Å². The first kappa shape index (κ1) is 22.5. The number of aromatic nitrogens is 3. The third-order valence-electron chi connectivity index (χ3n) is 6.37. The fourth-order valence-electron chi connectivity index (χ4n) is 4.80. The molecule has 0 radical (unpaired) electrons. The molecule has 0 saturated heterocycles. The minimum Gasteiger partial charge on any atom is -0.390 e. The lowest BCUT2D eigenvalue weighted by atomic mass is 10.0. The third kappa shape index (κ3) is 3.64. The fourth-order valence-corrected chi connectivity index (χ4v) is 4.80. The Kier molecular flexibility index (Phi) is 5.19. The van der Waals surface area contributed by atoms with Crippen LogP contribution in [-0.2, 0) is 30.4 Å². The molecule has 6 nitrogen and oxygen atoms in total. The van der Waals surface area contributed by atoms with Gasteiger partial charge in [-0.1, -0.05) is 6.07 Å². The number of halogens is 5. The van der Waals surface area contributed by atoms with E-state index in [1.807, 2.05) is 0 Å². The first-order valence-corrected chi connectivity index (χ1v) is 10.6. The molecule has 34 heavy (non-hydrogen) atoms. The number of pyridine rings is 1. The van der Waals surface area contributed by atoms with Gasteiger partial charge in [-0.05, 0) is 29.3 Å². The number of nitrogens with zero attached hydrogens (tertiary/aromatic N) is 4. The lowest BCUT2D eigenvalue weighted by molar-refractivity contribution is -0.141. The van der Waals surface area contributed by atoms with Crippen molar-refractivity contribution >= 4 is 5.91 Å². The molecule has 5 rings (SSSR count). The summed E-state index contributed by atoms with van der Waals surface area (Å²) in [5, 5.41) is 15.3. The van der Waals surface area contributed by atoms with E-state index >= 15 is 0 Å². The molecule has 0 saturated carbocycles. The minimum atomic E-state index is -4.67. The molecular formula is C23H19F5N4O2. The number of alkyl halides is 3. The zero-order valence-electron chi connectivity index (χ0n) is 17.9. The van der Waals surface area contributed by atoms with Crippen LogP contribution in [0.1, 0.15) is 41.0 Å². The zero-order valence-corrected chi connectivity index (χ0v) is 17.9. The maximum absolute atomic E-state index is 14.4. The molecule has 0 spiro atoms. The molecule has 2 aromatic heterocycles. The Morgan fingerprint density at radius 3 is 2.65 bits per heavy atom. The van der Waals surface area contributed by atoms with Crippen molar-refractivity contribution in [1.82, 2.24) is 19.7 Å². The number of aliphatic hydroxyl groups excluding tert-OH is 1. The maximum atomic E-state index is 14.4. The second kappa shape index (κ2) is 7.86. The Morgan fingerprint density at radius 1 is 1.18 bits per heavy atom. The van der Waals surface area contributed by atoms with Crippen molar-refractivity contribution < 1.29 is 31.9 Å². The summed E-state index contributed by atoms with van der Waals surface area (Å²) in [6.45, 7) is 1.81. The number of hydrogen-bond donors (Lipinski definition) is 1. The Labute approximate surface area is 190 Å². The summed E-state index contributed by atoms with van der Waals surface area (Å²) >= 11 is 0. The van der Waals surface area contributed by atoms with E-state index in [1.165, 1.54) is 28.6 Å². The van der Waals surface area contributed by atoms with Crippen molar-refractivity contribution in [2.75, 3.05) is 6.54 Å². The van der Waals surface area contributed by atoms with Crippen molar-refractivity contribution in [3.8, 4) is 11.4 Å². The van der Waals surface area contributed by atoms with Gasteiger partial charge in [0.1, 0.15) is 29.1 Å². The Hall–Kier alpha value is -3.34. The molecule has 0 fully saturated rings. The van der Waals surface area contributed by atoms with Crippen LogP contribution in [0.3, 0.4) is 0 Å². The topological polar surface area (TPSA) is 71.2 Å². The molecule has 0 unspecified atom stereocenters. The van der Waals surface area contributed by atoms with Crippen LogP contribution in [0.4, 0.5) is 22.0 Å². The highest BCUT2D eigenvalue weighted by Crippen LogP contribution is 2.40. The highest BCUT2D eigenvalue weighted by molar-refractivity contribution is 5.74. The summed E-state index contributed by atoms with van der Waals surface area (Å²) in [4.78, 5) is 17.3. The van der Waals surface area contributed by atoms with E-state index in [1.54, 1.807) is 0 Å². The summed E-state index contributed by atoms with van der Waals surface area (Å²) < 4.78 is 69.7. The number of rotatable bonds is 2. The van der Waals surface area contributed by atoms with Gasteiger partial charge >= 0.3 is 6.18 Å². The van der Waals surface area contributed by atoms with Crippen LogP contribution in [0.2, 0.25) is 0 Å². The Bertz CT molecular complexity index is 1300. The van der Waals surface area contributed by atoms with E-state index in [4.69, 9.17) is 0 Å². The van der Waals surface area contributed by atoms with Gasteiger partial charge < -0.3 is 10.0 Å². The molecule has 3 aromatic rings. The average molecular weight is 478 g/mol. The van der Waals surface area contributed by atoms with Gasteiger partial charge in [-0.25, -0.2) is 13.8 Å². The molecule has 1 N–H and O–H groups in total. The predicted molar refractivity (Wildman–Crippen MR) is 109 cm³/mol. The standard InChI is InChI=1S/C23H19F5N4O2/c1-11(33)31-6-5-18-15(10-31)21(17-3-2-4-20(29-17)23(26,27)28)30-32(18)22-14-7-12(24)8-16(25)13(14)9-19(22)34/h2-4,7-8,19,22,34H,5-6,9-10H2,1H3/t19-,22+/m0/s1. The SMILES string of the molecule is CC(=O)N1CCc2c(c(-c3cccc(C(F)(F)F)n3)nn2[C@@H]2c3cc(F)cc(F)c3C[C@@H]2O)C1. The van der Waals surface area contributed by atoms with Gasteiger partial charge in [0.05, 0.1) is 11.8 Å². The number of carbonyl (C=O) groups is 1. The highest BCUT2D eigenvalue weighted by atomic mass is 19.4. The highest BCUT2D eigenvalue weighted by Gasteiger charge is 2.40. The number of aliphatic hydroxyl groups is 1. The van der Waals surface area contributed by atoms with E-state index in [0.29, 0.717) is 24.2 Å². The van der Waals surface area contributed by atoms with Gasteiger partial charge in [0.25, 0.3) is 0 Å². The summed E-state index contributed by atoms with van der Waals surface area (Å²) in [6, 6.07) is 4.39. The van der Waals surface area contributed by atoms with E-state index in [2.05, 4.69) is 10.1 Å². The lowest BCUT2D eigenvalue weighted by Gasteiger charge is -2.28. The van der Waals surface area contributed by atoms with Crippen LogP contribution in [0, 0.1) is 11.6 Å². The van der Waals surface area contributed by atoms with Crippen LogP contribution in [-0.4, -0.2) is 43.3 Å². The normalized spacial score (nSPS) is 19.8. The molecule has 11 heteroatoms. The maximum Gasteiger partial charge on any atom is 0.433 e. The molecule has 1 aromatic carbocycles. The largest absolute Gasteiger partial charge is 0.433 e. The molecule has 3 heterocycles. The van der Waals surface area contributed by atoms with Crippen LogP contribution >= 0.6 is 0 Å². The molecule has 1 aliphatic carbocycles. The molecule has 0 bridgehead atoms. The Morgan fingerprint density at radius 2 is 1.94 bits per heavy atom. The summed E-state index contributed by atoms with van der Waals surface area (Å²) in [5.74, 6) is -1.80.